The molecule has 0 aliphatic carbocycles. The van der Waals surface area contributed by atoms with Crippen molar-refractivity contribution in [3.8, 4) is 5.75 Å². The van der Waals surface area contributed by atoms with E-state index in [9.17, 15) is 14.0 Å². The Kier molecular flexibility index (Phi) is 6.39. The van der Waals surface area contributed by atoms with Crippen LogP contribution in [0.25, 0.3) is 0 Å². The summed E-state index contributed by atoms with van der Waals surface area (Å²) in [5.74, 6) is -0.823. The molecule has 9 heteroatoms. The molecule has 2 unspecified atom stereocenters. The van der Waals surface area contributed by atoms with Crippen LogP contribution in [0.3, 0.4) is 0 Å². The molecule has 0 radical (unpaired) electrons. The fraction of sp³-hybridized carbons (Fsp3) is 0.529. The zero-order chi connectivity index (χ0) is 19.6. The van der Waals surface area contributed by atoms with E-state index in [2.05, 4.69) is 15.9 Å². The number of rotatable bonds is 3. The molecule has 1 fully saturated rings. The molecule has 0 N–H and O–H groups in total. The van der Waals surface area contributed by atoms with Crippen LogP contribution in [0.15, 0.2) is 16.6 Å². The van der Waals surface area contributed by atoms with Gasteiger partial charge in [-0.05, 0) is 42.8 Å². The number of ether oxygens (including phenoxy) is 3. The second-order valence-electron chi connectivity index (χ2n) is 6.85. The SMILES string of the molecule is COC(=O)C1CC(Oc2cc(Cl)c(F)c(Br)c2)CN1C(=O)OC(C)(C)C. The number of carbonyl (C=O) groups is 2. The lowest BCUT2D eigenvalue weighted by molar-refractivity contribution is -0.145. The first-order chi connectivity index (χ1) is 12.0. The molecule has 26 heavy (non-hydrogen) atoms. The summed E-state index contributed by atoms with van der Waals surface area (Å²) in [7, 11) is 1.25. The molecule has 1 aliphatic rings. The van der Waals surface area contributed by atoms with Crippen LogP contribution in [0.2, 0.25) is 5.02 Å². The van der Waals surface area contributed by atoms with Crippen LogP contribution < -0.4 is 4.74 Å². The molecule has 0 aromatic heterocycles. The van der Waals surface area contributed by atoms with E-state index in [1.165, 1.54) is 24.1 Å². The number of benzene rings is 1. The largest absolute Gasteiger partial charge is 0.488 e. The van der Waals surface area contributed by atoms with Crippen molar-refractivity contribution in [2.75, 3.05) is 13.7 Å². The highest BCUT2D eigenvalue weighted by Crippen LogP contribution is 2.32. The molecule has 2 rings (SSSR count). The fourth-order valence-corrected chi connectivity index (χ4v) is 3.32. The fourth-order valence-electron chi connectivity index (χ4n) is 2.56. The van der Waals surface area contributed by atoms with Gasteiger partial charge in [0, 0.05) is 12.5 Å². The maximum atomic E-state index is 13.6. The molecule has 2 atom stereocenters. The van der Waals surface area contributed by atoms with Crippen molar-refractivity contribution in [3.63, 3.8) is 0 Å². The summed E-state index contributed by atoms with van der Waals surface area (Å²) in [5, 5.41) is -0.0964. The molecule has 1 saturated heterocycles. The molecule has 0 bridgehead atoms. The first-order valence-corrected chi connectivity index (χ1v) is 9.07. The van der Waals surface area contributed by atoms with E-state index in [-0.39, 0.29) is 22.5 Å². The van der Waals surface area contributed by atoms with E-state index in [1.807, 2.05) is 0 Å². The summed E-state index contributed by atoms with van der Waals surface area (Å²) in [6.07, 6.45) is -0.907. The lowest BCUT2D eigenvalue weighted by atomic mass is 10.2. The van der Waals surface area contributed by atoms with Gasteiger partial charge < -0.3 is 14.2 Å². The van der Waals surface area contributed by atoms with E-state index in [0.29, 0.717) is 5.75 Å². The Labute approximate surface area is 164 Å². The normalized spacial score (nSPS) is 20.0. The van der Waals surface area contributed by atoms with Crippen LogP contribution in [-0.2, 0) is 14.3 Å². The topological polar surface area (TPSA) is 65.1 Å². The predicted molar refractivity (Wildman–Crippen MR) is 96.9 cm³/mol. The summed E-state index contributed by atoms with van der Waals surface area (Å²) in [6.45, 7) is 5.34. The molecular weight excluding hydrogens is 433 g/mol. The maximum absolute atomic E-state index is 13.6. The van der Waals surface area contributed by atoms with Crippen LogP contribution in [-0.4, -0.2) is 48.4 Å². The standard InChI is InChI=1S/C17H20BrClFNO5/c1-17(2,3)26-16(23)21-8-10(7-13(21)15(22)24-4)25-9-5-11(18)14(20)12(19)6-9/h5-6,10,13H,7-8H2,1-4H3. The Hall–Kier alpha value is -1.54. The number of likely N-dealkylation sites (tertiary alicyclic amines) is 1. The van der Waals surface area contributed by atoms with Crippen molar-refractivity contribution in [3.05, 3.63) is 27.4 Å². The van der Waals surface area contributed by atoms with Gasteiger partial charge in [-0.1, -0.05) is 11.6 Å². The molecular formula is C17H20BrClFNO5. The van der Waals surface area contributed by atoms with Crippen LogP contribution >= 0.6 is 27.5 Å². The van der Waals surface area contributed by atoms with E-state index in [1.54, 1.807) is 20.8 Å². The van der Waals surface area contributed by atoms with Crippen LogP contribution in [0, 0.1) is 5.82 Å². The average molecular weight is 453 g/mol. The Balaban J connectivity index is 2.17. The highest BCUT2D eigenvalue weighted by atomic mass is 79.9. The lowest BCUT2D eigenvalue weighted by Crippen LogP contribution is -2.44. The number of nitrogens with zero attached hydrogens (tertiary/aromatic N) is 1. The third-order valence-electron chi connectivity index (χ3n) is 3.62. The van der Waals surface area contributed by atoms with Crippen LogP contribution in [0.5, 0.6) is 5.75 Å². The smallest absolute Gasteiger partial charge is 0.411 e. The molecule has 1 heterocycles. The van der Waals surface area contributed by atoms with Gasteiger partial charge in [0.15, 0.2) is 5.82 Å². The van der Waals surface area contributed by atoms with E-state index < -0.39 is 35.6 Å². The highest BCUT2D eigenvalue weighted by Gasteiger charge is 2.43. The zero-order valence-electron chi connectivity index (χ0n) is 14.8. The van der Waals surface area contributed by atoms with Crippen LogP contribution in [0.4, 0.5) is 9.18 Å². The number of esters is 1. The number of hydrogen-bond donors (Lipinski definition) is 0. The lowest BCUT2D eigenvalue weighted by Gasteiger charge is -2.27. The second-order valence-corrected chi connectivity index (χ2v) is 8.11. The third kappa shape index (κ3) is 5.01. The van der Waals surface area contributed by atoms with Gasteiger partial charge in [0.25, 0.3) is 0 Å². The molecule has 144 valence electrons. The van der Waals surface area contributed by atoms with Gasteiger partial charge in [0.05, 0.1) is 23.1 Å². The van der Waals surface area contributed by atoms with Gasteiger partial charge >= 0.3 is 12.1 Å². The summed E-state index contributed by atoms with van der Waals surface area (Å²) in [5.41, 5.74) is -0.702. The van der Waals surface area contributed by atoms with E-state index in [0.717, 1.165) is 0 Å². The van der Waals surface area contributed by atoms with Crippen molar-refractivity contribution in [2.24, 2.45) is 0 Å². The Bertz CT molecular complexity index is 686. The van der Waals surface area contributed by atoms with Gasteiger partial charge in [-0.15, -0.1) is 0 Å². The quantitative estimate of drug-likeness (QED) is 0.509. The van der Waals surface area contributed by atoms with Crippen molar-refractivity contribution < 1.29 is 28.2 Å². The summed E-state index contributed by atoms with van der Waals surface area (Å²) >= 11 is 8.88. The zero-order valence-corrected chi connectivity index (χ0v) is 17.2. The molecule has 1 aromatic rings. The van der Waals surface area contributed by atoms with Gasteiger partial charge in [-0.3, -0.25) is 4.90 Å². The first-order valence-electron chi connectivity index (χ1n) is 7.90. The van der Waals surface area contributed by atoms with Gasteiger partial charge in [-0.25, -0.2) is 14.0 Å². The van der Waals surface area contributed by atoms with Crippen molar-refractivity contribution in [2.45, 2.75) is 44.9 Å². The molecule has 6 nitrogen and oxygen atoms in total. The highest BCUT2D eigenvalue weighted by molar-refractivity contribution is 9.10. The number of hydrogen-bond acceptors (Lipinski definition) is 5. The Morgan fingerprint density at radius 1 is 1.35 bits per heavy atom. The Morgan fingerprint density at radius 3 is 2.54 bits per heavy atom. The minimum atomic E-state index is -0.820. The Morgan fingerprint density at radius 2 is 2.00 bits per heavy atom. The van der Waals surface area contributed by atoms with Gasteiger partial charge in [0.1, 0.15) is 23.5 Å². The molecule has 1 aliphatic heterocycles. The average Bonchev–Trinajstić information content (AvgIpc) is 2.94. The van der Waals surface area contributed by atoms with Crippen molar-refractivity contribution >= 4 is 39.6 Å². The number of halogens is 3. The second kappa shape index (κ2) is 8.00. The summed E-state index contributed by atoms with van der Waals surface area (Å²) < 4.78 is 29.7. The van der Waals surface area contributed by atoms with Gasteiger partial charge in [-0.2, -0.15) is 0 Å². The molecule has 0 saturated carbocycles. The molecule has 1 aromatic carbocycles. The predicted octanol–water partition coefficient (Wildman–Crippen LogP) is 4.17. The number of carbonyl (C=O) groups excluding carboxylic acids is 2. The van der Waals surface area contributed by atoms with Crippen LogP contribution in [0.1, 0.15) is 27.2 Å². The third-order valence-corrected chi connectivity index (χ3v) is 4.48. The molecule has 1 amide bonds. The summed E-state index contributed by atoms with van der Waals surface area (Å²) in [4.78, 5) is 25.7. The maximum Gasteiger partial charge on any atom is 0.411 e. The number of methoxy groups -OCH3 is 1. The minimum absolute atomic E-state index is 0.0964. The van der Waals surface area contributed by atoms with Crippen molar-refractivity contribution in [1.82, 2.24) is 4.90 Å². The first kappa shape index (κ1) is 20.8. The van der Waals surface area contributed by atoms with E-state index in [4.69, 9.17) is 25.8 Å². The minimum Gasteiger partial charge on any atom is -0.488 e. The van der Waals surface area contributed by atoms with E-state index >= 15 is 0 Å². The number of amides is 1. The monoisotopic (exact) mass is 451 g/mol. The summed E-state index contributed by atoms with van der Waals surface area (Å²) in [6, 6.07) is 1.95. The molecule has 0 spiro atoms. The van der Waals surface area contributed by atoms with Gasteiger partial charge in [0.2, 0.25) is 0 Å². The van der Waals surface area contributed by atoms with Crippen molar-refractivity contribution in [1.29, 1.82) is 0 Å².